The Morgan fingerprint density at radius 3 is 2.35 bits per heavy atom. The summed E-state index contributed by atoms with van der Waals surface area (Å²) in [6.45, 7) is 6.37. The van der Waals surface area contributed by atoms with E-state index in [0.29, 0.717) is 47.3 Å². The topological polar surface area (TPSA) is 107 Å². The van der Waals surface area contributed by atoms with Crippen molar-refractivity contribution in [1.29, 1.82) is 0 Å². The molecule has 43 heavy (non-hydrogen) atoms. The van der Waals surface area contributed by atoms with Gasteiger partial charge < -0.3 is 24.3 Å². The van der Waals surface area contributed by atoms with Crippen LogP contribution in [0.1, 0.15) is 39.5 Å². The third-order valence-corrected chi connectivity index (χ3v) is 6.34. The van der Waals surface area contributed by atoms with E-state index in [1.165, 1.54) is 13.3 Å². The van der Waals surface area contributed by atoms with Crippen LogP contribution in [-0.2, 0) is 11.4 Å². The molecule has 0 heterocycles. The zero-order valence-electron chi connectivity index (χ0n) is 24.7. The van der Waals surface area contributed by atoms with Gasteiger partial charge in [-0.3, -0.25) is 9.59 Å². The number of nitrogens with zero attached hydrogens (tertiary/aromatic N) is 1. The second kappa shape index (κ2) is 15.1. The van der Waals surface area contributed by atoms with Crippen molar-refractivity contribution >= 4 is 23.7 Å². The standard InChI is InChI=1S/C34H35N3O6/c1-5-41-32-19-27(14-16-30(32)42-21-25-9-7-6-8-10-25)34(39)37-35-20-26-13-15-29(31(18-26)40-4)43-22-33(38)36-28-17-23(2)11-12-24(28)3/h6-20H,5,21-22H2,1-4H3,(H,36,38)(H,37,39)/b35-20+. The number of carbonyl (C=O) groups is 2. The fourth-order valence-electron chi connectivity index (χ4n) is 4.09. The molecule has 4 aromatic carbocycles. The van der Waals surface area contributed by atoms with Crippen LogP contribution in [0.4, 0.5) is 5.69 Å². The molecule has 0 atom stereocenters. The van der Waals surface area contributed by atoms with Gasteiger partial charge in [-0.25, -0.2) is 5.43 Å². The molecule has 2 N–H and O–H groups in total. The van der Waals surface area contributed by atoms with Crippen LogP contribution in [0.3, 0.4) is 0 Å². The number of hydrogen-bond acceptors (Lipinski definition) is 7. The van der Waals surface area contributed by atoms with Crippen molar-refractivity contribution in [1.82, 2.24) is 5.43 Å². The second-order valence-corrected chi connectivity index (χ2v) is 9.63. The Morgan fingerprint density at radius 1 is 0.814 bits per heavy atom. The molecule has 0 radical (unpaired) electrons. The van der Waals surface area contributed by atoms with Crippen LogP contribution in [0, 0.1) is 13.8 Å². The number of rotatable bonds is 13. The molecule has 0 aliphatic carbocycles. The summed E-state index contributed by atoms with van der Waals surface area (Å²) in [6, 6.07) is 25.7. The first-order chi connectivity index (χ1) is 20.9. The number of anilines is 1. The first kappa shape index (κ1) is 30.6. The quantitative estimate of drug-likeness (QED) is 0.147. The van der Waals surface area contributed by atoms with Crippen LogP contribution in [0.5, 0.6) is 23.0 Å². The zero-order chi connectivity index (χ0) is 30.6. The van der Waals surface area contributed by atoms with Crippen LogP contribution in [0.2, 0.25) is 0 Å². The first-order valence-electron chi connectivity index (χ1n) is 13.8. The van der Waals surface area contributed by atoms with Gasteiger partial charge in [-0.2, -0.15) is 5.10 Å². The summed E-state index contributed by atoms with van der Waals surface area (Å²) in [5.74, 6) is 1.14. The minimum atomic E-state index is -0.409. The molecule has 0 aliphatic rings. The highest BCUT2D eigenvalue weighted by Gasteiger charge is 2.13. The van der Waals surface area contributed by atoms with Gasteiger partial charge in [0.1, 0.15) is 6.61 Å². The highest BCUT2D eigenvalue weighted by atomic mass is 16.5. The minimum absolute atomic E-state index is 0.187. The average molecular weight is 582 g/mol. The zero-order valence-corrected chi connectivity index (χ0v) is 24.7. The highest BCUT2D eigenvalue weighted by Crippen LogP contribution is 2.30. The molecule has 0 saturated carbocycles. The lowest BCUT2D eigenvalue weighted by molar-refractivity contribution is -0.118. The molecule has 4 aromatic rings. The van der Waals surface area contributed by atoms with Crippen molar-refractivity contribution in [3.05, 3.63) is 113 Å². The van der Waals surface area contributed by atoms with Crippen LogP contribution in [0.25, 0.3) is 0 Å². The third kappa shape index (κ3) is 8.84. The van der Waals surface area contributed by atoms with Crippen LogP contribution in [0.15, 0.2) is 90.0 Å². The maximum atomic E-state index is 12.8. The average Bonchev–Trinajstić information content (AvgIpc) is 3.02. The summed E-state index contributed by atoms with van der Waals surface area (Å²) in [6.07, 6.45) is 1.48. The van der Waals surface area contributed by atoms with Crippen molar-refractivity contribution < 1.29 is 28.5 Å². The van der Waals surface area contributed by atoms with Crippen molar-refractivity contribution in [2.75, 3.05) is 25.6 Å². The number of carbonyl (C=O) groups excluding carboxylic acids is 2. The van der Waals surface area contributed by atoms with Gasteiger partial charge in [-0.15, -0.1) is 0 Å². The normalized spacial score (nSPS) is 10.7. The number of benzene rings is 4. The molecule has 9 nitrogen and oxygen atoms in total. The largest absolute Gasteiger partial charge is 0.493 e. The van der Waals surface area contributed by atoms with E-state index in [1.807, 2.05) is 69.3 Å². The van der Waals surface area contributed by atoms with Gasteiger partial charge in [0.25, 0.3) is 11.8 Å². The number of hydrazone groups is 1. The molecule has 0 aliphatic heterocycles. The minimum Gasteiger partial charge on any atom is -0.493 e. The molecule has 0 bridgehead atoms. The lowest BCUT2D eigenvalue weighted by Gasteiger charge is -2.13. The Kier molecular flexibility index (Phi) is 10.7. The van der Waals surface area contributed by atoms with Crippen LogP contribution in [-0.4, -0.2) is 38.4 Å². The molecule has 0 aromatic heterocycles. The molecular formula is C34H35N3O6. The van der Waals surface area contributed by atoms with Gasteiger partial charge in [0.05, 0.1) is 19.9 Å². The molecule has 0 unspecified atom stereocenters. The van der Waals surface area contributed by atoms with Crippen molar-refractivity contribution in [3.8, 4) is 23.0 Å². The first-order valence-corrected chi connectivity index (χ1v) is 13.8. The lowest BCUT2D eigenvalue weighted by atomic mass is 10.1. The van der Waals surface area contributed by atoms with Crippen LogP contribution >= 0.6 is 0 Å². The molecule has 222 valence electrons. The van der Waals surface area contributed by atoms with E-state index in [4.69, 9.17) is 18.9 Å². The fourth-order valence-corrected chi connectivity index (χ4v) is 4.09. The Hall–Kier alpha value is -5.31. The van der Waals surface area contributed by atoms with E-state index in [0.717, 1.165) is 22.4 Å². The fraction of sp³-hybridized carbons (Fsp3) is 0.206. The number of amides is 2. The lowest BCUT2D eigenvalue weighted by Crippen LogP contribution is -2.21. The highest BCUT2D eigenvalue weighted by molar-refractivity contribution is 5.95. The molecule has 2 amide bonds. The van der Waals surface area contributed by atoms with Gasteiger partial charge in [0.2, 0.25) is 0 Å². The third-order valence-electron chi connectivity index (χ3n) is 6.34. The molecule has 9 heteroatoms. The Morgan fingerprint density at radius 2 is 1.58 bits per heavy atom. The summed E-state index contributed by atoms with van der Waals surface area (Å²) in [5.41, 5.74) is 7.34. The number of ether oxygens (including phenoxy) is 4. The summed E-state index contributed by atoms with van der Waals surface area (Å²) in [7, 11) is 1.50. The summed E-state index contributed by atoms with van der Waals surface area (Å²) < 4.78 is 22.8. The number of nitrogens with one attached hydrogen (secondary N) is 2. The van der Waals surface area contributed by atoms with Gasteiger partial charge in [0, 0.05) is 11.3 Å². The summed E-state index contributed by atoms with van der Waals surface area (Å²) >= 11 is 0. The smallest absolute Gasteiger partial charge is 0.271 e. The van der Waals surface area contributed by atoms with Crippen molar-refractivity contribution in [2.45, 2.75) is 27.4 Å². The van der Waals surface area contributed by atoms with Gasteiger partial charge in [-0.05, 0) is 85.5 Å². The molecule has 0 spiro atoms. The Bertz CT molecular complexity index is 1590. The van der Waals surface area contributed by atoms with Gasteiger partial charge >= 0.3 is 0 Å². The van der Waals surface area contributed by atoms with Crippen LogP contribution < -0.4 is 29.7 Å². The monoisotopic (exact) mass is 581 g/mol. The van der Waals surface area contributed by atoms with E-state index >= 15 is 0 Å². The summed E-state index contributed by atoms with van der Waals surface area (Å²) in [4.78, 5) is 25.2. The maximum absolute atomic E-state index is 12.8. The molecular weight excluding hydrogens is 546 g/mol. The number of hydrogen-bond donors (Lipinski definition) is 2. The predicted octanol–water partition coefficient (Wildman–Crippen LogP) is 6.07. The van der Waals surface area contributed by atoms with Crippen molar-refractivity contribution in [2.24, 2.45) is 5.10 Å². The van der Waals surface area contributed by atoms with Gasteiger partial charge in [-0.1, -0.05) is 42.5 Å². The van der Waals surface area contributed by atoms with E-state index in [-0.39, 0.29) is 12.5 Å². The number of aryl methyl sites for hydroxylation is 2. The summed E-state index contributed by atoms with van der Waals surface area (Å²) in [5, 5.41) is 6.94. The van der Waals surface area contributed by atoms with E-state index in [2.05, 4.69) is 15.8 Å². The SMILES string of the molecule is CCOc1cc(C(=O)N/N=C/c2ccc(OCC(=O)Nc3cc(C)ccc3C)c(OC)c2)ccc1OCc1ccccc1. The Labute approximate surface area is 251 Å². The van der Waals surface area contributed by atoms with Gasteiger partial charge in [0.15, 0.2) is 29.6 Å². The van der Waals surface area contributed by atoms with E-state index in [1.54, 1.807) is 36.4 Å². The molecule has 4 rings (SSSR count). The number of methoxy groups -OCH3 is 1. The Balaban J connectivity index is 1.34. The maximum Gasteiger partial charge on any atom is 0.271 e. The predicted molar refractivity (Wildman–Crippen MR) is 166 cm³/mol. The van der Waals surface area contributed by atoms with E-state index in [9.17, 15) is 9.59 Å². The second-order valence-electron chi connectivity index (χ2n) is 9.63. The molecule has 0 fully saturated rings. The van der Waals surface area contributed by atoms with Crippen molar-refractivity contribution in [3.63, 3.8) is 0 Å². The molecule has 0 saturated heterocycles. The van der Waals surface area contributed by atoms with E-state index < -0.39 is 5.91 Å².